The second-order valence-corrected chi connectivity index (χ2v) is 6.64. The van der Waals surface area contributed by atoms with Crippen molar-refractivity contribution in [2.24, 2.45) is 0 Å². The maximum atomic E-state index is 12.5. The predicted molar refractivity (Wildman–Crippen MR) is 90.5 cm³/mol. The van der Waals surface area contributed by atoms with E-state index >= 15 is 0 Å². The van der Waals surface area contributed by atoms with Crippen molar-refractivity contribution < 1.29 is 19.5 Å². The maximum Gasteiger partial charge on any atom is 0.266 e. The van der Waals surface area contributed by atoms with Crippen LogP contribution in [0.4, 0.5) is 0 Å². The molecule has 0 radical (unpaired) electrons. The molecule has 1 aliphatic rings. The zero-order valence-electron chi connectivity index (χ0n) is 12.4. The monoisotopic (exact) mass is 348 g/mol. The molecule has 0 saturated carbocycles. The Bertz CT molecular complexity index is 682. The molecular weight excluding hydrogens is 334 g/mol. The summed E-state index contributed by atoms with van der Waals surface area (Å²) in [6.07, 6.45) is 3.25. The Hall–Kier alpha value is -1.99. The summed E-state index contributed by atoms with van der Waals surface area (Å²) in [5, 5.41) is 11.3. The first-order chi connectivity index (χ1) is 11.0. The minimum Gasteiger partial charge on any atom is -0.548 e. The molecule has 7 heteroatoms. The number of carbonyl (C=O) groups excluding carboxylic acids is 3. The van der Waals surface area contributed by atoms with Gasteiger partial charge in [-0.2, -0.15) is 0 Å². The molecule has 1 aromatic rings. The van der Waals surface area contributed by atoms with Gasteiger partial charge in [0.05, 0.1) is 16.9 Å². The third-order valence-electron chi connectivity index (χ3n) is 3.34. The molecule has 1 saturated heterocycles. The van der Waals surface area contributed by atoms with E-state index in [1.54, 1.807) is 30.3 Å². The Morgan fingerprint density at radius 3 is 2.48 bits per heavy atom. The number of hydrogen-bond acceptors (Lipinski definition) is 6. The van der Waals surface area contributed by atoms with Gasteiger partial charge in [0.15, 0.2) is 0 Å². The lowest BCUT2D eigenvalue weighted by Gasteiger charge is -2.27. The van der Waals surface area contributed by atoms with Gasteiger partial charge in [-0.1, -0.05) is 61.6 Å². The molecule has 23 heavy (non-hydrogen) atoms. The highest BCUT2D eigenvalue weighted by Gasteiger charge is 2.37. The first-order valence-electron chi connectivity index (χ1n) is 7.01. The quantitative estimate of drug-likeness (QED) is 0.442. The summed E-state index contributed by atoms with van der Waals surface area (Å²) in [5.41, 5.74) is 1.27. The zero-order chi connectivity index (χ0) is 17.0. The van der Waals surface area contributed by atoms with Crippen LogP contribution in [0, 0.1) is 0 Å². The number of amides is 1. The summed E-state index contributed by atoms with van der Waals surface area (Å²) >= 11 is 6.22. The molecule has 2 rings (SSSR count). The zero-order valence-corrected chi connectivity index (χ0v) is 14.0. The Balaban J connectivity index is 2.27. The van der Waals surface area contributed by atoms with Crippen molar-refractivity contribution in [1.82, 2.24) is 4.90 Å². The summed E-state index contributed by atoms with van der Waals surface area (Å²) in [6.45, 7) is 1.83. The van der Waals surface area contributed by atoms with Crippen LogP contribution in [0.2, 0.25) is 0 Å². The predicted octanol–water partition coefficient (Wildman–Crippen LogP) is 1.62. The van der Waals surface area contributed by atoms with E-state index in [9.17, 15) is 19.5 Å². The Labute approximate surface area is 143 Å². The summed E-state index contributed by atoms with van der Waals surface area (Å²) in [5.74, 6) is -1.73. The number of carbonyl (C=O) groups is 3. The molecule has 1 aromatic carbocycles. The number of carboxylic acid groups (broad SMARTS) is 1. The normalized spacial score (nSPS) is 17.6. The lowest BCUT2D eigenvalue weighted by Crippen LogP contribution is -2.49. The Kier molecular flexibility index (Phi) is 5.68. The molecule has 0 bridgehead atoms. The third-order valence-corrected chi connectivity index (χ3v) is 4.67. The average molecular weight is 348 g/mol. The van der Waals surface area contributed by atoms with Crippen LogP contribution in [0.25, 0.3) is 6.08 Å². The van der Waals surface area contributed by atoms with E-state index < -0.39 is 17.9 Å². The smallest absolute Gasteiger partial charge is 0.266 e. The number of rotatable bonds is 6. The molecule has 1 fully saturated rings. The van der Waals surface area contributed by atoms with Gasteiger partial charge < -0.3 is 9.90 Å². The third kappa shape index (κ3) is 3.86. The highest BCUT2D eigenvalue weighted by molar-refractivity contribution is 8.26. The van der Waals surface area contributed by atoms with Crippen LogP contribution in [-0.4, -0.2) is 33.4 Å². The maximum absolute atomic E-state index is 12.5. The van der Waals surface area contributed by atoms with Crippen molar-refractivity contribution in [2.75, 3.05) is 0 Å². The average Bonchev–Trinajstić information content (AvgIpc) is 2.80. The van der Waals surface area contributed by atoms with Crippen LogP contribution < -0.4 is 5.11 Å². The molecule has 0 N–H and O–H groups in total. The highest BCUT2D eigenvalue weighted by Crippen LogP contribution is 2.34. The molecule has 1 amide bonds. The van der Waals surface area contributed by atoms with Gasteiger partial charge in [0.25, 0.3) is 5.91 Å². The van der Waals surface area contributed by atoms with Gasteiger partial charge in [0.2, 0.25) is 0 Å². The van der Waals surface area contributed by atoms with E-state index in [-0.39, 0.29) is 10.7 Å². The summed E-state index contributed by atoms with van der Waals surface area (Å²) in [6, 6.07) is 5.65. The minimum absolute atomic E-state index is 0.216. The standard InChI is InChI=1S/C16H15NO4S2/c1-2-3-12(15(20)21)17-14(19)13(23-16(17)22)8-10-4-6-11(9-18)7-5-10/h4-9,12H,2-3H2,1H3,(H,20,21)/p-1/b13-8-/t12-/m1/s1. The topological polar surface area (TPSA) is 77.5 Å². The Morgan fingerprint density at radius 2 is 1.96 bits per heavy atom. The molecule has 0 spiro atoms. The second-order valence-electron chi connectivity index (χ2n) is 4.96. The van der Waals surface area contributed by atoms with Crippen LogP contribution in [0.15, 0.2) is 29.2 Å². The Morgan fingerprint density at radius 1 is 1.35 bits per heavy atom. The molecule has 120 valence electrons. The van der Waals surface area contributed by atoms with Gasteiger partial charge in [-0.15, -0.1) is 0 Å². The first-order valence-corrected chi connectivity index (χ1v) is 8.23. The van der Waals surface area contributed by atoms with Gasteiger partial charge in [0, 0.05) is 5.56 Å². The fourth-order valence-corrected chi connectivity index (χ4v) is 3.55. The summed E-state index contributed by atoms with van der Waals surface area (Å²) in [4.78, 5) is 35.9. The van der Waals surface area contributed by atoms with E-state index in [0.29, 0.717) is 16.9 Å². The minimum atomic E-state index is -1.31. The van der Waals surface area contributed by atoms with E-state index in [1.807, 2.05) is 6.92 Å². The van der Waals surface area contributed by atoms with Crippen LogP contribution in [0.5, 0.6) is 0 Å². The van der Waals surface area contributed by atoms with Crippen LogP contribution in [0.3, 0.4) is 0 Å². The number of carboxylic acids is 1. The van der Waals surface area contributed by atoms with Crippen molar-refractivity contribution in [1.29, 1.82) is 0 Å². The van der Waals surface area contributed by atoms with Crippen molar-refractivity contribution in [3.63, 3.8) is 0 Å². The molecule has 1 aliphatic heterocycles. The van der Waals surface area contributed by atoms with E-state index in [0.717, 1.165) is 28.5 Å². The largest absolute Gasteiger partial charge is 0.548 e. The molecule has 0 aromatic heterocycles. The molecule has 0 aliphatic carbocycles. The van der Waals surface area contributed by atoms with E-state index in [2.05, 4.69) is 0 Å². The van der Waals surface area contributed by atoms with Crippen LogP contribution in [0.1, 0.15) is 35.7 Å². The number of benzene rings is 1. The molecule has 0 unspecified atom stereocenters. The number of hydrogen-bond donors (Lipinski definition) is 0. The van der Waals surface area contributed by atoms with Gasteiger partial charge in [-0.05, 0) is 18.1 Å². The van der Waals surface area contributed by atoms with Crippen molar-refractivity contribution in [3.05, 3.63) is 40.3 Å². The lowest BCUT2D eigenvalue weighted by atomic mass is 10.1. The van der Waals surface area contributed by atoms with Crippen molar-refractivity contribution >= 4 is 52.5 Å². The number of aliphatic carboxylic acids is 1. The van der Waals surface area contributed by atoms with E-state index in [1.165, 1.54) is 0 Å². The first kappa shape index (κ1) is 17.4. The molecule has 1 atom stereocenters. The van der Waals surface area contributed by atoms with E-state index in [4.69, 9.17) is 12.2 Å². The number of thiocarbonyl (C=S) groups is 1. The van der Waals surface area contributed by atoms with Crippen molar-refractivity contribution in [2.45, 2.75) is 25.8 Å². The fraction of sp³-hybridized carbons (Fsp3) is 0.250. The van der Waals surface area contributed by atoms with Gasteiger partial charge in [0.1, 0.15) is 10.6 Å². The van der Waals surface area contributed by atoms with Gasteiger partial charge in [-0.3, -0.25) is 14.5 Å². The summed E-state index contributed by atoms with van der Waals surface area (Å²) in [7, 11) is 0. The number of aldehydes is 1. The highest BCUT2D eigenvalue weighted by atomic mass is 32.2. The lowest BCUT2D eigenvalue weighted by molar-refractivity contribution is -0.310. The number of thioether (sulfide) groups is 1. The molecule has 1 heterocycles. The molecular formula is C16H14NO4S2-. The second kappa shape index (κ2) is 7.52. The van der Waals surface area contributed by atoms with Gasteiger partial charge >= 0.3 is 0 Å². The van der Waals surface area contributed by atoms with Crippen LogP contribution >= 0.6 is 24.0 Å². The van der Waals surface area contributed by atoms with Gasteiger partial charge in [-0.25, -0.2) is 0 Å². The molecule has 5 nitrogen and oxygen atoms in total. The van der Waals surface area contributed by atoms with Crippen LogP contribution in [-0.2, 0) is 9.59 Å². The number of nitrogens with zero attached hydrogens (tertiary/aromatic N) is 1. The fourth-order valence-electron chi connectivity index (χ4n) is 2.20. The van der Waals surface area contributed by atoms with Crippen molar-refractivity contribution in [3.8, 4) is 0 Å². The SMILES string of the molecule is CCC[C@H](C(=O)[O-])N1C(=O)/C(=C/c2ccc(C=O)cc2)SC1=S. The summed E-state index contributed by atoms with van der Waals surface area (Å²) < 4.78 is 0.216.